The van der Waals surface area contributed by atoms with Crippen LogP contribution in [0.15, 0.2) is 12.1 Å². The number of amides is 1. The smallest absolute Gasteiger partial charge is 0.225 e. The fraction of sp³-hybridized carbons (Fsp3) is 0.588. The number of hydrogen-bond acceptors (Lipinski definition) is 4. The number of likely N-dealkylation sites (tertiary alicyclic amines) is 1. The molecule has 0 saturated carbocycles. The number of anilines is 1. The van der Waals surface area contributed by atoms with Crippen molar-refractivity contribution in [1.29, 1.82) is 5.26 Å². The van der Waals surface area contributed by atoms with Crippen molar-refractivity contribution < 1.29 is 4.79 Å². The predicted molar refractivity (Wildman–Crippen MR) is 89.3 cm³/mol. The van der Waals surface area contributed by atoms with E-state index in [4.69, 9.17) is 16.9 Å². The number of halogens is 1. The predicted octanol–water partition coefficient (Wildman–Crippen LogP) is 2.84. The summed E-state index contributed by atoms with van der Waals surface area (Å²) in [7, 11) is 0. The molecule has 0 aromatic carbocycles. The molecule has 2 fully saturated rings. The average Bonchev–Trinajstić information content (AvgIpc) is 2.62. The lowest BCUT2D eigenvalue weighted by atomic mass is 9.94. The minimum atomic E-state index is 0.132. The summed E-state index contributed by atoms with van der Waals surface area (Å²) in [6.07, 6.45) is 5.21. The fourth-order valence-corrected chi connectivity index (χ4v) is 3.56. The quantitative estimate of drug-likeness (QED) is 0.835. The van der Waals surface area contributed by atoms with Gasteiger partial charge in [0.25, 0.3) is 0 Å². The van der Waals surface area contributed by atoms with Crippen molar-refractivity contribution in [2.45, 2.75) is 32.1 Å². The zero-order chi connectivity index (χ0) is 16.2. The SMILES string of the molecule is N#Cc1nc(N2CCC(C(=O)N3CCCCC3)CC2)ccc1Cl. The zero-order valence-corrected chi connectivity index (χ0v) is 13.9. The summed E-state index contributed by atoms with van der Waals surface area (Å²) in [5.41, 5.74) is 0.260. The molecule has 0 atom stereocenters. The molecule has 2 saturated heterocycles. The van der Waals surface area contributed by atoms with Crippen molar-refractivity contribution in [1.82, 2.24) is 9.88 Å². The molecule has 6 heteroatoms. The summed E-state index contributed by atoms with van der Waals surface area (Å²) in [6, 6.07) is 5.57. The molecular weight excluding hydrogens is 312 g/mol. The van der Waals surface area contributed by atoms with Gasteiger partial charge in [-0.3, -0.25) is 4.79 Å². The molecule has 3 heterocycles. The normalized spacial score (nSPS) is 19.5. The second kappa shape index (κ2) is 7.18. The van der Waals surface area contributed by atoms with E-state index in [0.29, 0.717) is 10.9 Å². The van der Waals surface area contributed by atoms with Gasteiger partial charge >= 0.3 is 0 Å². The number of hydrogen-bond donors (Lipinski definition) is 0. The van der Waals surface area contributed by atoms with Gasteiger partial charge in [0.1, 0.15) is 11.9 Å². The molecule has 1 amide bonds. The van der Waals surface area contributed by atoms with Gasteiger partial charge in [-0.05, 0) is 44.2 Å². The van der Waals surface area contributed by atoms with Crippen LogP contribution in [0.4, 0.5) is 5.82 Å². The first-order chi connectivity index (χ1) is 11.2. The first-order valence-corrected chi connectivity index (χ1v) is 8.67. The van der Waals surface area contributed by atoms with Crippen LogP contribution in [0, 0.1) is 17.2 Å². The molecule has 0 spiro atoms. The second-order valence-corrected chi connectivity index (χ2v) is 6.67. The number of pyridine rings is 1. The van der Waals surface area contributed by atoms with Crippen molar-refractivity contribution in [2.24, 2.45) is 5.92 Å². The van der Waals surface area contributed by atoms with Gasteiger partial charge in [-0.25, -0.2) is 4.98 Å². The largest absolute Gasteiger partial charge is 0.357 e. The Morgan fingerprint density at radius 1 is 1.17 bits per heavy atom. The van der Waals surface area contributed by atoms with E-state index >= 15 is 0 Å². The van der Waals surface area contributed by atoms with Crippen molar-refractivity contribution in [3.8, 4) is 6.07 Å². The van der Waals surface area contributed by atoms with Crippen LogP contribution in [0.25, 0.3) is 0 Å². The fourth-order valence-electron chi connectivity index (χ4n) is 3.41. The highest BCUT2D eigenvalue weighted by atomic mass is 35.5. The maximum absolute atomic E-state index is 12.6. The van der Waals surface area contributed by atoms with E-state index in [-0.39, 0.29) is 11.6 Å². The van der Waals surface area contributed by atoms with Gasteiger partial charge in [0.05, 0.1) is 5.02 Å². The molecule has 0 unspecified atom stereocenters. The highest BCUT2D eigenvalue weighted by molar-refractivity contribution is 6.31. The summed E-state index contributed by atoms with van der Waals surface area (Å²) in [6.45, 7) is 3.43. The molecule has 5 nitrogen and oxygen atoms in total. The van der Waals surface area contributed by atoms with Gasteiger partial charge in [-0.2, -0.15) is 5.26 Å². The molecule has 1 aromatic heterocycles. The lowest BCUT2D eigenvalue weighted by Gasteiger charge is -2.36. The third-order valence-electron chi connectivity index (χ3n) is 4.77. The van der Waals surface area contributed by atoms with Crippen LogP contribution in [0.1, 0.15) is 37.8 Å². The van der Waals surface area contributed by atoms with Gasteiger partial charge in [0, 0.05) is 32.1 Å². The van der Waals surface area contributed by atoms with E-state index in [1.54, 1.807) is 6.07 Å². The van der Waals surface area contributed by atoms with Crippen molar-refractivity contribution in [3.63, 3.8) is 0 Å². The Balaban J connectivity index is 1.60. The van der Waals surface area contributed by atoms with Crippen molar-refractivity contribution in [2.75, 3.05) is 31.1 Å². The van der Waals surface area contributed by atoms with E-state index in [9.17, 15) is 4.79 Å². The van der Waals surface area contributed by atoms with E-state index in [2.05, 4.69) is 9.88 Å². The van der Waals surface area contributed by atoms with Crippen LogP contribution in [-0.4, -0.2) is 42.0 Å². The lowest BCUT2D eigenvalue weighted by molar-refractivity contribution is -0.137. The molecule has 122 valence electrons. The summed E-state index contributed by atoms with van der Waals surface area (Å²) in [5, 5.41) is 9.42. The monoisotopic (exact) mass is 332 g/mol. The number of carbonyl (C=O) groups excluding carboxylic acids is 1. The number of rotatable bonds is 2. The number of aromatic nitrogens is 1. The second-order valence-electron chi connectivity index (χ2n) is 6.26. The van der Waals surface area contributed by atoms with E-state index in [0.717, 1.165) is 57.7 Å². The minimum absolute atomic E-state index is 0.132. The Hall–Kier alpha value is -1.80. The Labute approximate surface area is 141 Å². The average molecular weight is 333 g/mol. The standard InChI is InChI=1S/C17H21ClN4O/c18-14-4-5-16(20-15(14)12-19)21-10-6-13(7-11-21)17(23)22-8-2-1-3-9-22/h4-5,13H,1-3,6-11H2. The summed E-state index contributed by atoms with van der Waals surface area (Å²) in [4.78, 5) is 21.1. The molecule has 0 radical (unpaired) electrons. The number of piperidine rings is 2. The maximum Gasteiger partial charge on any atom is 0.225 e. The topological polar surface area (TPSA) is 60.2 Å². The lowest BCUT2D eigenvalue weighted by Crippen LogP contribution is -2.44. The Morgan fingerprint density at radius 2 is 1.87 bits per heavy atom. The molecule has 3 rings (SSSR count). The first-order valence-electron chi connectivity index (χ1n) is 8.29. The number of nitriles is 1. The van der Waals surface area contributed by atoms with Gasteiger partial charge in [0.2, 0.25) is 5.91 Å². The van der Waals surface area contributed by atoms with Crippen LogP contribution in [0.3, 0.4) is 0 Å². The Kier molecular flexibility index (Phi) is 5.02. The molecule has 1 aromatic rings. The molecule has 23 heavy (non-hydrogen) atoms. The van der Waals surface area contributed by atoms with Gasteiger partial charge in [0.15, 0.2) is 5.69 Å². The molecule has 0 aliphatic carbocycles. The molecule has 0 bridgehead atoms. The van der Waals surface area contributed by atoms with Gasteiger partial charge < -0.3 is 9.80 Å². The molecule has 0 N–H and O–H groups in total. The Morgan fingerprint density at radius 3 is 2.52 bits per heavy atom. The third kappa shape index (κ3) is 3.59. The van der Waals surface area contributed by atoms with Gasteiger partial charge in [-0.15, -0.1) is 0 Å². The summed E-state index contributed by atoms with van der Waals surface area (Å²) < 4.78 is 0. The zero-order valence-electron chi connectivity index (χ0n) is 13.2. The van der Waals surface area contributed by atoms with Crippen LogP contribution in [0.5, 0.6) is 0 Å². The summed E-state index contributed by atoms with van der Waals surface area (Å²) in [5.74, 6) is 1.23. The molecular formula is C17H21ClN4O. The third-order valence-corrected chi connectivity index (χ3v) is 5.08. The molecule has 2 aliphatic heterocycles. The first kappa shape index (κ1) is 16.1. The highest BCUT2D eigenvalue weighted by Crippen LogP contribution is 2.26. The Bertz CT molecular complexity index is 614. The van der Waals surface area contributed by atoms with E-state index in [1.807, 2.05) is 17.0 Å². The highest BCUT2D eigenvalue weighted by Gasteiger charge is 2.29. The summed E-state index contributed by atoms with van der Waals surface area (Å²) >= 11 is 5.93. The van der Waals surface area contributed by atoms with Crippen molar-refractivity contribution in [3.05, 3.63) is 22.8 Å². The molecule has 2 aliphatic rings. The number of carbonyl (C=O) groups is 1. The maximum atomic E-state index is 12.6. The van der Waals surface area contributed by atoms with E-state index < -0.39 is 0 Å². The van der Waals surface area contributed by atoms with Crippen molar-refractivity contribution >= 4 is 23.3 Å². The minimum Gasteiger partial charge on any atom is -0.357 e. The van der Waals surface area contributed by atoms with Crippen LogP contribution in [0.2, 0.25) is 5.02 Å². The van der Waals surface area contributed by atoms with Crippen LogP contribution >= 0.6 is 11.6 Å². The van der Waals surface area contributed by atoms with Gasteiger partial charge in [-0.1, -0.05) is 11.6 Å². The van der Waals surface area contributed by atoms with E-state index in [1.165, 1.54) is 6.42 Å². The van der Waals surface area contributed by atoms with Crippen LogP contribution in [-0.2, 0) is 4.79 Å². The number of nitrogens with zero attached hydrogens (tertiary/aromatic N) is 4. The van der Waals surface area contributed by atoms with Crippen LogP contribution < -0.4 is 4.90 Å².